The van der Waals surface area contributed by atoms with Gasteiger partial charge in [-0.25, -0.2) is 25.3 Å². The maximum absolute atomic E-state index is 11.8. The molecule has 37 heavy (non-hydrogen) atoms. The van der Waals surface area contributed by atoms with Gasteiger partial charge in [0.2, 0.25) is 0 Å². The molecule has 0 atom stereocenters. The molecule has 0 amide bonds. The summed E-state index contributed by atoms with van der Waals surface area (Å²) >= 11 is 0. The molecule has 0 saturated carbocycles. The summed E-state index contributed by atoms with van der Waals surface area (Å²) in [5.74, 6) is 0. The van der Waals surface area contributed by atoms with E-state index < -0.39 is 53.0 Å². The van der Waals surface area contributed by atoms with E-state index in [1.54, 1.807) is 0 Å². The van der Waals surface area contributed by atoms with Crippen molar-refractivity contribution in [2.75, 3.05) is 0 Å². The van der Waals surface area contributed by atoms with E-state index in [1.165, 1.54) is 57.2 Å². The van der Waals surface area contributed by atoms with Crippen LogP contribution in [0.4, 0.5) is 0 Å². The van der Waals surface area contributed by atoms with Crippen molar-refractivity contribution >= 4 is 54.2 Å². The molecule has 3 rings (SSSR count). The molecular weight excluding hydrogens is 592 g/mol. The Morgan fingerprint density at radius 1 is 0.486 bits per heavy atom. The largest absolute Gasteiger partial charge is 1.00 e. The van der Waals surface area contributed by atoms with Crippen molar-refractivity contribution in [2.24, 2.45) is 0 Å². The van der Waals surface area contributed by atoms with Gasteiger partial charge in [-0.15, -0.1) is 0 Å². The summed E-state index contributed by atoms with van der Waals surface area (Å²) in [6.07, 6.45) is 0. The van der Waals surface area contributed by atoms with Crippen molar-refractivity contribution in [2.45, 2.75) is 35.5 Å². The Hall–Kier alpha value is 0.820. The first kappa shape index (κ1) is 37.8. The monoisotopic (exact) mass is 610 g/mol. The second-order valence-corrected chi connectivity index (χ2v) is 13.8. The zero-order chi connectivity index (χ0) is 25.6. The molecule has 0 spiro atoms. The van der Waals surface area contributed by atoms with Gasteiger partial charge < -0.3 is 13.7 Å². The fourth-order valence-electron chi connectivity index (χ4n) is 3.44. The molecule has 0 aromatic heterocycles. The van der Waals surface area contributed by atoms with Crippen molar-refractivity contribution < 1.29 is 128 Å². The Bertz CT molecular complexity index is 1430. The molecule has 16 heteroatoms. The Kier molecular flexibility index (Phi) is 14.4. The Morgan fingerprint density at radius 3 is 0.892 bits per heavy atom. The molecule has 0 heterocycles. The van der Waals surface area contributed by atoms with Gasteiger partial charge >= 0.3 is 88.7 Å². The smallest absolute Gasteiger partial charge is 0.744 e. The quantitative estimate of drug-likeness (QED) is 0.149. The summed E-state index contributed by atoms with van der Waals surface area (Å²) < 4.78 is 106. The van der Waals surface area contributed by atoms with Crippen LogP contribution in [0, 0.1) is 20.8 Å². The van der Waals surface area contributed by atoms with E-state index in [-0.39, 0.29) is 121 Å². The van der Waals surface area contributed by atoms with Gasteiger partial charge in [0.1, 0.15) is 30.4 Å². The van der Waals surface area contributed by atoms with Crippen LogP contribution in [0.2, 0.25) is 0 Å². The fourth-order valence-corrected chi connectivity index (χ4v) is 8.24. The second kappa shape index (κ2) is 14.1. The normalized spacial score (nSPS) is 11.8. The Balaban J connectivity index is 0.00000432. The van der Waals surface area contributed by atoms with Crippen molar-refractivity contribution in [1.29, 1.82) is 0 Å². The van der Waals surface area contributed by atoms with Gasteiger partial charge in [-0.2, -0.15) is 0 Å². The molecule has 3 aromatic carbocycles. The minimum absolute atomic E-state index is 0. The molecule has 0 aliphatic heterocycles. The SMILES string of the molecule is Cc1ccc(P(c2ccc(C)c(S(=O)(=O)[O-])c2)c2ccc(C)c(S(=O)(=O)[O-])c2)cc1S(=O)(=O)[O-].[Na+].[Na+].[Na+]. The molecule has 182 valence electrons. The van der Waals surface area contributed by atoms with Gasteiger partial charge in [-0.3, -0.25) is 0 Å². The van der Waals surface area contributed by atoms with Crippen molar-refractivity contribution in [1.82, 2.24) is 0 Å². The molecule has 0 aliphatic carbocycles. The number of hydrogen-bond donors (Lipinski definition) is 0. The third-order valence-corrected chi connectivity index (χ3v) is 10.4. The third-order valence-electron chi connectivity index (χ3n) is 5.10. The van der Waals surface area contributed by atoms with Crippen LogP contribution in [-0.2, 0) is 30.4 Å². The molecule has 0 aliphatic rings. The predicted molar refractivity (Wildman–Crippen MR) is 123 cm³/mol. The van der Waals surface area contributed by atoms with Crippen molar-refractivity contribution in [3.05, 3.63) is 71.3 Å². The average Bonchev–Trinajstić information content (AvgIpc) is 2.69. The van der Waals surface area contributed by atoms with Gasteiger partial charge in [-0.1, -0.05) is 36.4 Å². The van der Waals surface area contributed by atoms with E-state index in [2.05, 4.69) is 0 Å². The first-order valence-electron chi connectivity index (χ1n) is 9.50. The predicted octanol–water partition coefficient (Wildman–Crippen LogP) is -7.91. The third kappa shape index (κ3) is 9.16. The minimum Gasteiger partial charge on any atom is -0.744 e. The summed E-state index contributed by atoms with van der Waals surface area (Å²) in [4.78, 5) is -1.49. The number of rotatable bonds is 6. The van der Waals surface area contributed by atoms with E-state index in [1.807, 2.05) is 0 Å². The van der Waals surface area contributed by atoms with Crippen molar-refractivity contribution in [3.8, 4) is 0 Å². The molecule has 0 saturated heterocycles. The van der Waals surface area contributed by atoms with Gasteiger partial charge in [-0.05, 0) is 79.5 Å². The van der Waals surface area contributed by atoms with Crippen LogP contribution >= 0.6 is 7.92 Å². The van der Waals surface area contributed by atoms with E-state index in [0.29, 0.717) is 0 Å². The van der Waals surface area contributed by atoms with Crippen LogP contribution in [0.5, 0.6) is 0 Å². The van der Waals surface area contributed by atoms with Crippen LogP contribution in [-0.4, -0.2) is 38.9 Å². The topological polar surface area (TPSA) is 172 Å². The molecule has 9 nitrogen and oxygen atoms in total. The van der Waals surface area contributed by atoms with Crippen LogP contribution in [0.1, 0.15) is 16.7 Å². The van der Waals surface area contributed by atoms with Gasteiger partial charge in [0.15, 0.2) is 0 Å². The molecular formula is C21H18Na3O9PS3. The summed E-state index contributed by atoms with van der Waals surface area (Å²) in [6, 6.07) is 12.2. The minimum atomic E-state index is -4.86. The van der Waals surface area contributed by atoms with Gasteiger partial charge in [0.25, 0.3) is 0 Å². The zero-order valence-corrected chi connectivity index (χ0v) is 30.4. The van der Waals surface area contributed by atoms with E-state index in [4.69, 9.17) is 0 Å². The number of aryl methyl sites for hydroxylation is 3. The zero-order valence-electron chi connectivity index (χ0n) is 21.0. The van der Waals surface area contributed by atoms with Crippen LogP contribution in [0.3, 0.4) is 0 Å². The molecule has 0 bridgehead atoms. The Morgan fingerprint density at radius 2 is 0.703 bits per heavy atom. The van der Waals surface area contributed by atoms with Gasteiger partial charge in [0.05, 0.1) is 14.7 Å². The Labute approximate surface area is 284 Å². The maximum Gasteiger partial charge on any atom is 1.00 e. The van der Waals surface area contributed by atoms with E-state index >= 15 is 0 Å². The molecule has 3 aromatic rings. The molecule has 0 unspecified atom stereocenters. The maximum atomic E-state index is 11.8. The molecule has 0 fully saturated rings. The first-order chi connectivity index (χ1) is 15.5. The first-order valence-corrected chi connectivity index (χ1v) is 15.1. The van der Waals surface area contributed by atoms with Crippen LogP contribution in [0.15, 0.2) is 69.3 Å². The number of benzene rings is 3. The van der Waals surface area contributed by atoms with Crippen molar-refractivity contribution in [3.63, 3.8) is 0 Å². The second-order valence-electron chi connectivity index (χ2n) is 7.55. The fraction of sp³-hybridized carbons (Fsp3) is 0.143. The average molecular weight is 611 g/mol. The molecule has 0 radical (unpaired) electrons. The summed E-state index contributed by atoms with van der Waals surface area (Å²) in [6.45, 7) is 4.29. The summed E-state index contributed by atoms with van der Waals surface area (Å²) in [5.41, 5.74) is 0.562. The van der Waals surface area contributed by atoms with Gasteiger partial charge in [0, 0.05) is 0 Å². The van der Waals surface area contributed by atoms with E-state index in [9.17, 15) is 38.9 Å². The summed E-state index contributed by atoms with van der Waals surface area (Å²) in [5, 5.41) is 0.809. The summed E-state index contributed by atoms with van der Waals surface area (Å²) in [7, 11) is -16.5. The molecule has 0 N–H and O–H groups in total. The standard InChI is InChI=1S/C21H21O9PS3.3Na/c1-13-4-7-16(10-19(13)32(22,23)24)31(17-8-5-14(2)20(11-17)33(25,26)27)18-9-6-15(3)21(12-18)34(28,29)30;;;/h4-12H,1-3H3,(H,22,23,24)(H,25,26,27)(H,28,29,30);;;/q;3*+1/p-3. The van der Waals surface area contributed by atoms with Crippen LogP contribution in [0.25, 0.3) is 0 Å². The van der Waals surface area contributed by atoms with Crippen LogP contribution < -0.4 is 105 Å². The number of hydrogen-bond acceptors (Lipinski definition) is 9. The van der Waals surface area contributed by atoms with E-state index in [0.717, 1.165) is 18.2 Å².